The molecule has 1 rings (SSSR count). The number of hydrogen-bond acceptors (Lipinski definition) is 5. The lowest BCUT2D eigenvalue weighted by atomic mass is 9.89. The van der Waals surface area contributed by atoms with Gasteiger partial charge in [-0.3, -0.25) is 9.59 Å². The zero-order valence-corrected chi connectivity index (χ0v) is 18.0. The summed E-state index contributed by atoms with van der Waals surface area (Å²) in [7, 11) is 1.40. The van der Waals surface area contributed by atoms with Crippen LogP contribution in [0.25, 0.3) is 0 Å². The summed E-state index contributed by atoms with van der Waals surface area (Å²) >= 11 is 0. The number of carbonyl (C=O) groups excluding carboxylic acids is 2. The van der Waals surface area contributed by atoms with Gasteiger partial charge in [-0.2, -0.15) is 0 Å². The maximum atomic E-state index is 12.6. The van der Waals surface area contributed by atoms with Gasteiger partial charge in [-0.05, 0) is 38.5 Å². The quantitative estimate of drug-likeness (QED) is 0.259. The predicted molar refractivity (Wildman–Crippen MR) is 111 cm³/mol. The third-order valence-electron chi connectivity index (χ3n) is 6.08. The number of carbonyl (C=O) groups is 2. The number of hydrogen-bond donors (Lipinski definition) is 2. The molecule has 0 heterocycles. The molecule has 162 valence electrons. The van der Waals surface area contributed by atoms with Crippen molar-refractivity contribution >= 4 is 11.8 Å². The maximum Gasteiger partial charge on any atom is 0.305 e. The number of unbranched alkanes of at least 4 members (excludes halogenated alkanes) is 4. The first kappa shape index (κ1) is 24.8. The highest BCUT2D eigenvalue weighted by molar-refractivity contribution is 5.87. The van der Waals surface area contributed by atoms with Crippen molar-refractivity contribution in [3.63, 3.8) is 0 Å². The molecule has 1 aliphatic carbocycles. The van der Waals surface area contributed by atoms with E-state index in [0.29, 0.717) is 25.7 Å². The Morgan fingerprint density at radius 3 is 2.57 bits per heavy atom. The molecule has 0 aliphatic heterocycles. The molecular weight excluding hydrogens is 356 g/mol. The van der Waals surface area contributed by atoms with E-state index in [1.807, 2.05) is 19.1 Å². The molecule has 0 radical (unpaired) electrons. The van der Waals surface area contributed by atoms with Crippen molar-refractivity contribution in [3.05, 3.63) is 12.2 Å². The van der Waals surface area contributed by atoms with Crippen LogP contribution in [0.4, 0.5) is 0 Å². The summed E-state index contributed by atoms with van der Waals surface area (Å²) in [6, 6.07) is 0. The summed E-state index contributed by atoms with van der Waals surface area (Å²) in [4.78, 5) is 23.7. The number of rotatable bonds is 14. The van der Waals surface area contributed by atoms with Gasteiger partial charge in [0, 0.05) is 12.3 Å². The molecule has 0 aromatic rings. The van der Waals surface area contributed by atoms with Gasteiger partial charge >= 0.3 is 5.97 Å². The number of ether oxygens (including phenoxy) is 1. The average molecular weight is 397 g/mol. The van der Waals surface area contributed by atoms with Crippen LogP contribution in [0.1, 0.15) is 90.9 Å². The van der Waals surface area contributed by atoms with Gasteiger partial charge in [0.05, 0.1) is 24.7 Å². The van der Waals surface area contributed by atoms with Crippen molar-refractivity contribution in [1.29, 1.82) is 0 Å². The number of aliphatic hydroxyl groups is 2. The number of methoxy groups -OCH3 is 1. The van der Waals surface area contributed by atoms with Crippen molar-refractivity contribution in [2.75, 3.05) is 7.11 Å². The van der Waals surface area contributed by atoms with Gasteiger partial charge < -0.3 is 14.9 Å². The van der Waals surface area contributed by atoms with Crippen LogP contribution >= 0.6 is 0 Å². The molecule has 28 heavy (non-hydrogen) atoms. The van der Waals surface area contributed by atoms with Crippen LogP contribution in [-0.4, -0.2) is 40.8 Å². The van der Waals surface area contributed by atoms with Crippen LogP contribution in [0.3, 0.4) is 0 Å². The molecule has 2 N–H and O–H groups in total. The van der Waals surface area contributed by atoms with Crippen molar-refractivity contribution in [2.24, 2.45) is 11.8 Å². The van der Waals surface area contributed by atoms with Crippen molar-refractivity contribution < 1.29 is 24.5 Å². The molecule has 0 aromatic carbocycles. The minimum atomic E-state index is -0.706. The Kier molecular flexibility index (Phi) is 11.6. The van der Waals surface area contributed by atoms with E-state index < -0.39 is 17.6 Å². The average Bonchev–Trinajstić information content (AvgIpc) is 2.96. The first-order valence-electron chi connectivity index (χ1n) is 11.0. The molecule has 5 nitrogen and oxygen atoms in total. The monoisotopic (exact) mass is 396 g/mol. The van der Waals surface area contributed by atoms with Crippen LogP contribution < -0.4 is 0 Å². The molecule has 1 fully saturated rings. The predicted octanol–water partition coefficient (Wildman–Crippen LogP) is 4.34. The van der Waals surface area contributed by atoms with Crippen LogP contribution in [0.5, 0.6) is 0 Å². The lowest BCUT2D eigenvalue weighted by molar-refractivity contribution is -0.140. The third-order valence-corrected chi connectivity index (χ3v) is 6.08. The summed E-state index contributed by atoms with van der Waals surface area (Å²) in [5.41, 5.74) is -0.706. The Bertz CT molecular complexity index is 501. The molecule has 1 saturated carbocycles. The Morgan fingerprint density at radius 2 is 1.93 bits per heavy atom. The fourth-order valence-corrected chi connectivity index (χ4v) is 3.98. The minimum Gasteiger partial charge on any atom is -0.469 e. The number of ketones is 1. The van der Waals surface area contributed by atoms with Gasteiger partial charge in [-0.1, -0.05) is 58.1 Å². The molecule has 0 saturated heterocycles. The zero-order chi connectivity index (χ0) is 21.0. The number of aliphatic hydroxyl groups excluding tert-OH is 1. The molecule has 4 atom stereocenters. The second-order valence-electron chi connectivity index (χ2n) is 8.27. The second-order valence-corrected chi connectivity index (χ2v) is 8.27. The van der Waals surface area contributed by atoms with E-state index >= 15 is 0 Å². The molecule has 5 heteroatoms. The van der Waals surface area contributed by atoms with Crippen molar-refractivity contribution in [3.8, 4) is 0 Å². The highest BCUT2D eigenvalue weighted by Gasteiger charge is 2.39. The Labute approximate surface area is 170 Å². The highest BCUT2D eigenvalue weighted by Crippen LogP contribution is 2.33. The zero-order valence-electron chi connectivity index (χ0n) is 18.0. The standard InChI is InChI=1S/C23H40O5/c1-4-6-15-23(27,5-2)16-11-13-19-20(24)17-18(22(19)26)12-9-7-8-10-14-21(25)28-3/h11,13,18-20,24,27H,4-10,12,14-17H2,1-3H3/t18-,19-,20-,23+/m1/s1. The SMILES string of the molecule is CCCC[C@@](O)(CC)CC=C[C@H]1C(=O)[C@H](CCCCCCC(=O)OC)C[C@H]1O. The lowest BCUT2D eigenvalue weighted by Gasteiger charge is -2.25. The smallest absolute Gasteiger partial charge is 0.305 e. The van der Waals surface area contributed by atoms with E-state index in [1.165, 1.54) is 7.11 Å². The molecule has 0 bridgehead atoms. The van der Waals surface area contributed by atoms with Gasteiger partial charge in [0.15, 0.2) is 0 Å². The summed E-state index contributed by atoms with van der Waals surface area (Å²) in [6.07, 6.45) is 12.6. The van der Waals surface area contributed by atoms with E-state index in [0.717, 1.165) is 51.4 Å². The van der Waals surface area contributed by atoms with Gasteiger partial charge in [-0.15, -0.1) is 0 Å². The van der Waals surface area contributed by atoms with E-state index in [1.54, 1.807) is 0 Å². The van der Waals surface area contributed by atoms with Crippen LogP contribution in [-0.2, 0) is 14.3 Å². The summed E-state index contributed by atoms with van der Waals surface area (Å²) in [5.74, 6) is -0.549. The van der Waals surface area contributed by atoms with Crippen LogP contribution in [0.2, 0.25) is 0 Å². The molecule has 0 aromatic heterocycles. The van der Waals surface area contributed by atoms with Gasteiger partial charge in [0.1, 0.15) is 5.78 Å². The van der Waals surface area contributed by atoms with E-state index in [2.05, 4.69) is 11.7 Å². The number of esters is 1. The summed E-state index contributed by atoms with van der Waals surface area (Å²) in [5, 5.41) is 20.9. The molecular formula is C23H40O5. The van der Waals surface area contributed by atoms with E-state index in [4.69, 9.17) is 0 Å². The third kappa shape index (κ3) is 8.44. The molecule has 0 amide bonds. The van der Waals surface area contributed by atoms with Crippen molar-refractivity contribution in [1.82, 2.24) is 0 Å². The van der Waals surface area contributed by atoms with Gasteiger partial charge in [0.2, 0.25) is 0 Å². The second kappa shape index (κ2) is 13.1. The summed E-state index contributed by atoms with van der Waals surface area (Å²) in [6.45, 7) is 4.10. The Balaban J connectivity index is 2.37. The van der Waals surface area contributed by atoms with Gasteiger partial charge in [-0.25, -0.2) is 0 Å². The Morgan fingerprint density at radius 1 is 1.21 bits per heavy atom. The first-order valence-corrected chi connectivity index (χ1v) is 11.0. The van der Waals surface area contributed by atoms with Crippen molar-refractivity contribution in [2.45, 2.75) is 103 Å². The maximum absolute atomic E-state index is 12.6. The van der Waals surface area contributed by atoms with E-state index in [9.17, 15) is 19.8 Å². The molecule has 0 spiro atoms. The molecule has 1 aliphatic rings. The van der Waals surface area contributed by atoms with E-state index in [-0.39, 0.29) is 17.7 Å². The lowest BCUT2D eigenvalue weighted by Crippen LogP contribution is -2.27. The van der Waals surface area contributed by atoms with Crippen LogP contribution in [0.15, 0.2) is 12.2 Å². The number of Topliss-reactive ketones (excluding diaryl/α,β-unsaturated/α-hetero) is 1. The highest BCUT2D eigenvalue weighted by atomic mass is 16.5. The Hall–Kier alpha value is -1.20. The van der Waals surface area contributed by atoms with Crippen LogP contribution in [0, 0.1) is 11.8 Å². The fraction of sp³-hybridized carbons (Fsp3) is 0.826. The fourth-order valence-electron chi connectivity index (χ4n) is 3.98. The topological polar surface area (TPSA) is 83.8 Å². The first-order chi connectivity index (χ1) is 13.4. The largest absolute Gasteiger partial charge is 0.469 e. The minimum absolute atomic E-state index is 0.0737. The molecule has 0 unspecified atom stereocenters. The van der Waals surface area contributed by atoms with Gasteiger partial charge in [0.25, 0.3) is 0 Å². The summed E-state index contributed by atoms with van der Waals surface area (Å²) < 4.78 is 4.62. The normalized spacial score (nSPS) is 24.6.